The number of aliphatic carboxylic acids is 1. The fourth-order valence-electron chi connectivity index (χ4n) is 1.46. The molecule has 0 radical (unpaired) electrons. The molecular formula is C12H13ClO2. The highest BCUT2D eigenvalue weighted by molar-refractivity contribution is 6.30. The second-order valence-electron chi connectivity index (χ2n) is 3.45. The number of aryl methyl sites for hydroxylation is 2. The van der Waals surface area contributed by atoms with Gasteiger partial charge >= 0.3 is 5.97 Å². The lowest BCUT2D eigenvalue weighted by molar-refractivity contribution is -0.135. The normalized spacial score (nSPS) is 10.9. The van der Waals surface area contributed by atoms with Crippen molar-refractivity contribution in [2.75, 3.05) is 0 Å². The Morgan fingerprint density at radius 2 is 1.93 bits per heavy atom. The molecule has 0 spiro atoms. The number of hydrogen-bond acceptors (Lipinski definition) is 1. The van der Waals surface area contributed by atoms with E-state index in [2.05, 4.69) is 0 Å². The van der Waals surface area contributed by atoms with E-state index in [-0.39, 0.29) is 6.42 Å². The number of hydrogen-bond donors (Lipinski definition) is 1. The molecular weight excluding hydrogens is 212 g/mol. The van der Waals surface area contributed by atoms with Crippen molar-refractivity contribution in [2.45, 2.75) is 20.3 Å². The van der Waals surface area contributed by atoms with Gasteiger partial charge in [0, 0.05) is 5.02 Å². The molecule has 0 fully saturated rings. The standard InChI is InChI=1S/C12H13ClO2/c1-8-6-10(13)7-9(2)11(8)4-3-5-12(14)15/h3-4,6-7H,5H2,1-2H3,(H,14,15). The monoisotopic (exact) mass is 224 g/mol. The SMILES string of the molecule is Cc1cc(Cl)cc(C)c1C=CCC(=O)O. The molecule has 0 aliphatic rings. The first-order chi connectivity index (χ1) is 7.00. The van der Waals surface area contributed by atoms with Gasteiger partial charge in [-0.3, -0.25) is 4.79 Å². The van der Waals surface area contributed by atoms with Crippen molar-refractivity contribution < 1.29 is 9.90 Å². The number of carbonyl (C=O) groups is 1. The van der Waals surface area contributed by atoms with Crippen LogP contribution in [0.15, 0.2) is 18.2 Å². The zero-order valence-corrected chi connectivity index (χ0v) is 9.51. The van der Waals surface area contributed by atoms with Gasteiger partial charge in [0.25, 0.3) is 0 Å². The van der Waals surface area contributed by atoms with E-state index in [0.717, 1.165) is 16.7 Å². The molecule has 3 heteroatoms. The van der Waals surface area contributed by atoms with E-state index in [9.17, 15) is 4.79 Å². The lowest BCUT2D eigenvalue weighted by Crippen LogP contribution is -1.91. The summed E-state index contributed by atoms with van der Waals surface area (Å²) in [5.74, 6) is -0.824. The highest BCUT2D eigenvalue weighted by atomic mass is 35.5. The molecule has 1 N–H and O–H groups in total. The van der Waals surface area contributed by atoms with Gasteiger partial charge in [-0.2, -0.15) is 0 Å². The molecule has 0 saturated carbocycles. The maximum absolute atomic E-state index is 10.3. The Bertz CT molecular complexity index is 385. The smallest absolute Gasteiger partial charge is 0.307 e. The molecule has 0 amide bonds. The Hall–Kier alpha value is -1.28. The zero-order chi connectivity index (χ0) is 11.4. The number of halogens is 1. The van der Waals surface area contributed by atoms with Gasteiger partial charge in [-0.25, -0.2) is 0 Å². The van der Waals surface area contributed by atoms with Gasteiger partial charge < -0.3 is 5.11 Å². The summed E-state index contributed by atoms with van der Waals surface area (Å²) in [7, 11) is 0. The lowest BCUT2D eigenvalue weighted by atomic mass is 10.0. The predicted molar refractivity (Wildman–Crippen MR) is 62.2 cm³/mol. The molecule has 80 valence electrons. The highest BCUT2D eigenvalue weighted by Gasteiger charge is 2.01. The summed E-state index contributed by atoms with van der Waals surface area (Å²) in [5.41, 5.74) is 3.16. The Morgan fingerprint density at radius 3 is 2.40 bits per heavy atom. The van der Waals surface area contributed by atoms with Crippen LogP contribution in [0.25, 0.3) is 6.08 Å². The van der Waals surface area contributed by atoms with Crippen molar-refractivity contribution in [3.05, 3.63) is 39.9 Å². The van der Waals surface area contributed by atoms with Gasteiger partial charge in [0.2, 0.25) is 0 Å². The first-order valence-electron chi connectivity index (χ1n) is 4.66. The number of rotatable bonds is 3. The van der Waals surface area contributed by atoms with Gasteiger partial charge in [0.05, 0.1) is 6.42 Å². The lowest BCUT2D eigenvalue weighted by Gasteiger charge is -2.05. The summed E-state index contributed by atoms with van der Waals surface area (Å²) in [6.07, 6.45) is 3.52. The molecule has 0 aliphatic carbocycles. The molecule has 0 unspecified atom stereocenters. The Balaban J connectivity index is 2.94. The van der Waals surface area contributed by atoms with E-state index in [0.29, 0.717) is 5.02 Å². The maximum Gasteiger partial charge on any atom is 0.307 e. The molecule has 0 bridgehead atoms. The maximum atomic E-state index is 10.3. The van der Waals surface area contributed by atoms with Crippen LogP contribution in [0.4, 0.5) is 0 Å². The Labute approximate surface area is 94.2 Å². The van der Waals surface area contributed by atoms with Crippen LogP contribution in [0.3, 0.4) is 0 Å². The molecule has 1 rings (SSSR count). The van der Waals surface area contributed by atoms with E-state index < -0.39 is 5.97 Å². The van der Waals surface area contributed by atoms with Crippen LogP contribution in [-0.4, -0.2) is 11.1 Å². The van der Waals surface area contributed by atoms with Gasteiger partial charge in [-0.15, -0.1) is 0 Å². The molecule has 0 aliphatic heterocycles. The van der Waals surface area contributed by atoms with Crippen LogP contribution in [0.2, 0.25) is 5.02 Å². The van der Waals surface area contributed by atoms with Crippen molar-refractivity contribution in [1.29, 1.82) is 0 Å². The van der Waals surface area contributed by atoms with Crippen molar-refractivity contribution in [1.82, 2.24) is 0 Å². The van der Waals surface area contributed by atoms with Gasteiger partial charge in [-0.1, -0.05) is 23.8 Å². The van der Waals surface area contributed by atoms with Crippen molar-refractivity contribution in [3.63, 3.8) is 0 Å². The van der Waals surface area contributed by atoms with Crippen LogP contribution in [0.1, 0.15) is 23.1 Å². The summed E-state index contributed by atoms with van der Waals surface area (Å²) in [6, 6.07) is 3.74. The van der Waals surface area contributed by atoms with E-state index in [4.69, 9.17) is 16.7 Å². The van der Waals surface area contributed by atoms with Gasteiger partial charge in [0.1, 0.15) is 0 Å². The minimum Gasteiger partial charge on any atom is -0.481 e. The minimum absolute atomic E-state index is 0.0432. The summed E-state index contributed by atoms with van der Waals surface area (Å²) < 4.78 is 0. The zero-order valence-electron chi connectivity index (χ0n) is 8.75. The highest BCUT2D eigenvalue weighted by Crippen LogP contribution is 2.21. The van der Waals surface area contributed by atoms with Crippen LogP contribution in [0.5, 0.6) is 0 Å². The van der Waals surface area contributed by atoms with Crippen LogP contribution < -0.4 is 0 Å². The first kappa shape index (κ1) is 11.8. The second kappa shape index (κ2) is 4.99. The Kier molecular flexibility index (Phi) is 3.92. The molecule has 1 aromatic carbocycles. The van der Waals surface area contributed by atoms with Crippen LogP contribution in [-0.2, 0) is 4.79 Å². The van der Waals surface area contributed by atoms with E-state index in [1.807, 2.05) is 32.1 Å². The first-order valence-corrected chi connectivity index (χ1v) is 5.03. The van der Waals surface area contributed by atoms with Crippen LogP contribution >= 0.6 is 11.6 Å². The van der Waals surface area contributed by atoms with E-state index in [1.54, 1.807) is 6.08 Å². The van der Waals surface area contributed by atoms with Crippen molar-refractivity contribution in [2.24, 2.45) is 0 Å². The summed E-state index contributed by atoms with van der Waals surface area (Å²) in [5, 5.41) is 9.21. The summed E-state index contributed by atoms with van der Waals surface area (Å²) in [4.78, 5) is 10.3. The molecule has 1 aromatic rings. The largest absolute Gasteiger partial charge is 0.481 e. The van der Waals surface area contributed by atoms with E-state index in [1.165, 1.54) is 0 Å². The molecule has 2 nitrogen and oxygen atoms in total. The minimum atomic E-state index is -0.824. The summed E-state index contributed by atoms with van der Waals surface area (Å²) >= 11 is 5.89. The molecule has 0 heterocycles. The van der Waals surface area contributed by atoms with Gasteiger partial charge in [-0.05, 0) is 42.7 Å². The Morgan fingerprint density at radius 1 is 1.40 bits per heavy atom. The van der Waals surface area contributed by atoms with Crippen LogP contribution in [0, 0.1) is 13.8 Å². The summed E-state index contributed by atoms with van der Waals surface area (Å²) in [6.45, 7) is 3.92. The third-order valence-electron chi connectivity index (χ3n) is 2.14. The average molecular weight is 225 g/mol. The van der Waals surface area contributed by atoms with E-state index >= 15 is 0 Å². The van der Waals surface area contributed by atoms with Gasteiger partial charge in [0.15, 0.2) is 0 Å². The third kappa shape index (κ3) is 3.40. The topological polar surface area (TPSA) is 37.3 Å². The third-order valence-corrected chi connectivity index (χ3v) is 2.35. The number of benzene rings is 1. The fraction of sp³-hybridized carbons (Fsp3) is 0.250. The number of carboxylic acids is 1. The number of carboxylic acid groups (broad SMARTS) is 1. The van der Waals surface area contributed by atoms with Crippen molar-refractivity contribution >= 4 is 23.6 Å². The van der Waals surface area contributed by atoms with Crippen molar-refractivity contribution in [3.8, 4) is 0 Å². The molecule has 15 heavy (non-hydrogen) atoms. The molecule has 0 saturated heterocycles. The molecule has 0 atom stereocenters. The quantitative estimate of drug-likeness (QED) is 0.854. The predicted octanol–water partition coefficient (Wildman–Crippen LogP) is 3.44. The second-order valence-corrected chi connectivity index (χ2v) is 3.89. The molecule has 0 aromatic heterocycles. The fourth-order valence-corrected chi connectivity index (χ4v) is 1.79. The average Bonchev–Trinajstić information content (AvgIpc) is 2.08.